The topological polar surface area (TPSA) is 45.5 Å². The molecule has 1 aliphatic heterocycles. The molecule has 1 aliphatic carbocycles. The predicted octanol–water partition coefficient (Wildman–Crippen LogP) is 3.81. The second-order valence-corrected chi connectivity index (χ2v) is 8.16. The van der Waals surface area contributed by atoms with E-state index in [1.54, 1.807) is 0 Å². The highest BCUT2D eigenvalue weighted by atomic mass is 127. The molecule has 2 heterocycles. The minimum atomic E-state index is 0. The van der Waals surface area contributed by atoms with Crippen LogP contribution in [0.2, 0.25) is 0 Å². The lowest BCUT2D eigenvalue weighted by atomic mass is 9.65. The zero-order valence-corrected chi connectivity index (χ0v) is 18.0. The zero-order valence-electron chi connectivity index (χ0n) is 15.7. The normalized spacial score (nSPS) is 22.9. The van der Waals surface area contributed by atoms with Crippen LogP contribution in [0.5, 0.6) is 0 Å². The van der Waals surface area contributed by atoms with Gasteiger partial charge in [0, 0.05) is 30.7 Å². The molecule has 1 aromatic rings. The number of hydrogen-bond acceptors (Lipinski definition) is 2. The van der Waals surface area contributed by atoms with Gasteiger partial charge in [-0.2, -0.15) is 5.10 Å². The van der Waals surface area contributed by atoms with Crippen LogP contribution in [0.4, 0.5) is 0 Å². The highest BCUT2D eigenvalue weighted by Crippen LogP contribution is 2.46. The molecule has 0 bridgehead atoms. The van der Waals surface area contributed by atoms with Crippen molar-refractivity contribution in [2.45, 2.75) is 71.5 Å². The van der Waals surface area contributed by atoms with Gasteiger partial charge < -0.3 is 10.2 Å². The first kappa shape index (κ1) is 19.5. The molecule has 1 saturated heterocycles. The van der Waals surface area contributed by atoms with Crippen molar-refractivity contribution in [3.63, 3.8) is 0 Å². The van der Waals surface area contributed by atoms with Crippen molar-refractivity contribution in [2.24, 2.45) is 10.4 Å². The molecule has 1 N–H and O–H groups in total. The summed E-state index contributed by atoms with van der Waals surface area (Å²) in [6.07, 6.45) is 7.35. The van der Waals surface area contributed by atoms with Crippen LogP contribution in [0.1, 0.15) is 65.1 Å². The van der Waals surface area contributed by atoms with Gasteiger partial charge >= 0.3 is 0 Å². The number of rotatable bonds is 3. The van der Waals surface area contributed by atoms with E-state index in [1.807, 2.05) is 7.05 Å². The predicted molar refractivity (Wildman–Crippen MR) is 110 cm³/mol. The Hall–Kier alpha value is -0.790. The summed E-state index contributed by atoms with van der Waals surface area (Å²) in [7, 11) is 1.86. The van der Waals surface area contributed by atoms with Crippen LogP contribution in [-0.4, -0.2) is 39.8 Å². The molecule has 0 aromatic carbocycles. The first-order valence-corrected chi connectivity index (χ1v) is 8.87. The summed E-state index contributed by atoms with van der Waals surface area (Å²) in [4.78, 5) is 6.83. The summed E-state index contributed by atoms with van der Waals surface area (Å²) in [6, 6.07) is 2.74. The minimum absolute atomic E-state index is 0. The lowest BCUT2D eigenvalue weighted by molar-refractivity contribution is -0.0668. The Morgan fingerprint density at radius 3 is 2.50 bits per heavy atom. The summed E-state index contributed by atoms with van der Waals surface area (Å²) in [5, 5.41) is 8.23. The van der Waals surface area contributed by atoms with E-state index in [9.17, 15) is 0 Å². The molecule has 136 valence electrons. The Bertz CT molecular complexity index is 584. The van der Waals surface area contributed by atoms with E-state index in [1.165, 1.54) is 25.7 Å². The molecule has 2 aliphatic rings. The average Bonchev–Trinajstić information content (AvgIpc) is 3.17. The highest BCUT2D eigenvalue weighted by Gasteiger charge is 2.53. The maximum atomic E-state index is 4.75. The lowest BCUT2D eigenvalue weighted by Gasteiger charge is -2.62. The summed E-state index contributed by atoms with van der Waals surface area (Å²) in [5.41, 5.74) is 1.53. The number of aromatic nitrogens is 2. The van der Waals surface area contributed by atoms with Crippen LogP contribution in [-0.2, 0) is 6.54 Å². The lowest BCUT2D eigenvalue weighted by Crippen LogP contribution is -2.72. The van der Waals surface area contributed by atoms with Crippen LogP contribution >= 0.6 is 24.0 Å². The summed E-state index contributed by atoms with van der Waals surface area (Å²) in [6.45, 7) is 11.0. The third-order valence-corrected chi connectivity index (χ3v) is 6.14. The molecule has 1 aromatic heterocycles. The summed E-state index contributed by atoms with van der Waals surface area (Å²) >= 11 is 0. The van der Waals surface area contributed by atoms with Crippen molar-refractivity contribution in [3.05, 3.63) is 18.0 Å². The van der Waals surface area contributed by atoms with E-state index in [0.29, 0.717) is 11.5 Å². The van der Waals surface area contributed by atoms with Gasteiger partial charge in [0.05, 0.1) is 18.3 Å². The van der Waals surface area contributed by atoms with Gasteiger partial charge in [-0.15, -0.1) is 24.0 Å². The molecule has 3 rings (SSSR count). The van der Waals surface area contributed by atoms with E-state index >= 15 is 0 Å². The van der Waals surface area contributed by atoms with Crippen molar-refractivity contribution in [3.8, 4) is 0 Å². The number of guanidine groups is 1. The second-order valence-electron chi connectivity index (χ2n) is 8.16. The largest absolute Gasteiger partial charge is 0.351 e. The Morgan fingerprint density at radius 2 is 1.96 bits per heavy atom. The van der Waals surface area contributed by atoms with E-state index in [0.717, 1.165) is 24.7 Å². The number of nitrogens with one attached hydrogen (secondary N) is 1. The molecule has 5 nitrogen and oxygen atoms in total. The van der Waals surface area contributed by atoms with Gasteiger partial charge in [-0.1, -0.05) is 26.7 Å². The van der Waals surface area contributed by atoms with E-state index < -0.39 is 0 Å². The van der Waals surface area contributed by atoms with Gasteiger partial charge in [-0.05, 0) is 32.8 Å². The van der Waals surface area contributed by atoms with Crippen molar-refractivity contribution >= 4 is 29.9 Å². The first-order chi connectivity index (χ1) is 10.8. The molecule has 24 heavy (non-hydrogen) atoms. The zero-order chi connectivity index (χ0) is 16.7. The molecule has 0 spiro atoms. The Kier molecular flexibility index (Phi) is 5.87. The van der Waals surface area contributed by atoms with Crippen LogP contribution in [0.3, 0.4) is 0 Å². The molecule has 0 amide bonds. The smallest absolute Gasteiger partial charge is 0.194 e. The van der Waals surface area contributed by atoms with Crippen molar-refractivity contribution in [1.29, 1.82) is 0 Å². The second kappa shape index (κ2) is 7.22. The third-order valence-electron chi connectivity index (χ3n) is 6.14. The molecule has 6 heteroatoms. The number of nitrogens with zero attached hydrogens (tertiary/aromatic N) is 4. The SMILES string of the molecule is CN=C(NCc1ccn(C2CCCC2)n1)N1CC(C)(C)C1(C)C.I. The fraction of sp³-hybridized carbons (Fsp3) is 0.778. The van der Waals surface area contributed by atoms with Gasteiger partial charge in [0.2, 0.25) is 0 Å². The van der Waals surface area contributed by atoms with Gasteiger partial charge in [0.15, 0.2) is 5.96 Å². The monoisotopic (exact) mass is 445 g/mol. The maximum absolute atomic E-state index is 4.75. The van der Waals surface area contributed by atoms with Crippen LogP contribution in [0.15, 0.2) is 17.3 Å². The fourth-order valence-corrected chi connectivity index (χ4v) is 3.71. The molecule has 0 unspecified atom stereocenters. The maximum Gasteiger partial charge on any atom is 0.194 e. The Morgan fingerprint density at radius 1 is 1.29 bits per heavy atom. The Labute approximate surface area is 163 Å². The summed E-state index contributed by atoms with van der Waals surface area (Å²) in [5.74, 6) is 0.977. The van der Waals surface area contributed by atoms with Gasteiger partial charge in [-0.25, -0.2) is 0 Å². The minimum Gasteiger partial charge on any atom is -0.351 e. The number of halogens is 1. The number of likely N-dealkylation sites (tertiary alicyclic amines) is 1. The molecule has 0 radical (unpaired) electrons. The number of hydrogen-bond donors (Lipinski definition) is 1. The molecule has 0 atom stereocenters. The van der Waals surface area contributed by atoms with Gasteiger partial charge in [-0.3, -0.25) is 9.67 Å². The van der Waals surface area contributed by atoms with Crippen molar-refractivity contribution in [2.75, 3.05) is 13.6 Å². The summed E-state index contributed by atoms with van der Waals surface area (Å²) < 4.78 is 2.16. The quantitative estimate of drug-likeness (QED) is 0.437. The van der Waals surface area contributed by atoms with Crippen molar-refractivity contribution < 1.29 is 0 Å². The fourth-order valence-electron chi connectivity index (χ4n) is 3.71. The van der Waals surface area contributed by atoms with Crippen LogP contribution < -0.4 is 5.32 Å². The number of aliphatic imine (C=N–C) groups is 1. The van der Waals surface area contributed by atoms with E-state index in [2.05, 4.69) is 59.8 Å². The molecular formula is C18H32IN5. The highest BCUT2D eigenvalue weighted by molar-refractivity contribution is 14.0. The van der Waals surface area contributed by atoms with E-state index in [4.69, 9.17) is 5.10 Å². The van der Waals surface area contributed by atoms with Crippen LogP contribution in [0.25, 0.3) is 0 Å². The molecular weight excluding hydrogens is 413 g/mol. The average molecular weight is 445 g/mol. The van der Waals surface area contributed by atoms with Crippen molar-refractivity contribution in [1.82, 2.24) is 20.0 Å². The molecule has 2 fully saturated rings. The van der Waals surface area contributed by atoms with Crippen LogP contribution in [0, 0.1) is 5.41 Å². The molecule has 1 saturated carbocycles. The van der Waals surface area contributed by atoms with Gasteiger partial charge in [0.1, 0.15) is 0 Å². The third kappa shape index (κ3) is 3.44. The van der Waals surface area contributed by atoms with E-state index in [-0.39, 0.29) is 29.5 Å². The standard InChI is InChI=1S/C18H31N5.HI/c1-17(2)13-22(18(17,3)4)16(19-5)20-12-14-10-11-23(21-14)15-8-6-7-9-15;/h10-11,15H,6-9,12-13H2,1-5H3,(H,19,20);1H. The first-order valence-electron chi connectivity index (χ1n) is 8.87. The Balaban J connectivity index is 0.00000208. The van der Waals surface area contributed by atoms with Gasteiger partial charge in [0.25, 0.3) is 0 Å².